The molecule has 1 rings (SSSR count). The largest absolute Gasteiger partial charge is 0.550 e. The second kappa shape index (κ2) is 13.9. The Morgan fingerprint density at radius 2 is 1.50 bits per heavy atom. The number of carboxylic acids is 2. The molecule has 0 radical (unpaired) electrons. The first-order chi connectivity index (χ1) is 7.54. The van der Waals surface area contributed by atoms with Crippen LogP contribution in [0.1, 0.15) is 46.0 Å². The van der Waals surface area contributed by atoms with Crippen molar-refractivity contribution in [3.05, 3.63) is 0 Å². The summed E-state index contributed by atoms with van der Waals surface area (Å²) in [5, 5.41) is 19.4. The van der Waals surface area contributed by atoms with Crippen LogP contribution in [0.5, 0.6) is 0 Å². The molecule has 0 saturated carbocycles. The van der Waals surface area contributed by atoms with E-state index in [1.54, 1.807) is 6.92 Å². The van der Waals surface area contributed by atoms with Crippen LogP contribution in [-0.2, 0) is 9.59 Å². The number of hydrogen-bond acceptors (Lipinski definition) is 3. The van der Waals surface area contributed by atoms with E-state index in [1.165, 1.54) is 39.3 Å². The van der Waals surface area contributed by atoms with Gasteiger partial charge in [0.15, 0.2) is 0 Å². The van der Waals surface area contributed by atoms with Gasteiger partial charge in [0.25, 0.3) is 0 Å². The Labute approximate surface area is 96.9 Å². The van der Waals surface area contributed by atoms with Crippen molar-refractivity contribution in [2.75, 3.05) is 13.1 Å². The van der Waals surface area contributed by atoms with E-state index >= 15 is 0 Å². The van der Waals surface area contributed by atoms with Crippen molar-refractivity contribution < 1.29 is 25.1 Å². The second-order valence-electron chi connectivity index (χ2n) is 3.40. The van der Waals surface area contributed by atoms with Gasteiger partial charge in [0, 0.05) is 12.4 Å². The first-order valence-electron chi connectivity index (χ1n) is 5.77. The molecule has 0 unspecified atom stereocenters. The van der Waals surface area contributed by atoms with Crippen LogP contribution in [0, 0.1) is 0 Å². The first-order valence-corrected chi connectivity index (χ1v) is 5.77. The third kappa shape index (κ3) is 23.1. The smallest absolute Gasteiger partial charge is 0.303 e. The van der Waals surface area contributed by atoms with Gasteiger partial charge in [0.2, 0.25) is 0 Å². The van der Waals surface area contributed by atoms with Crippen LogP contribution in [0.25, 0.3) is 0 Å². The van der Waals surface area contributed by atoms with E-state index in [-0.39, 0.29) is 12.8 Å². The Hall–Kier alpha value is -1.10. The lowest BCUT2D eigenvalue weighted by Gasteiger charge is -2.05. The maximum atomic E-state index is 9.37. The van der Waals surface area contributed by atoms with Gasteiger partial charge in [-0.15, -0.1) is 0 Å². The van der Waals surface area contributed by atoms with Crippen LogP contribution in [0.4, 0.5) is 0 Å². The molecule has 0 amide bonds. The number of nitrogens with two attached hydrogens (primary N) is 1. The van der Waals surface area contributed by atoms with Gasteiger partial charge in [-0.05, 0) is 25.7 Å². The molecule has 0 bridgehead atoms. The minimum Gasteiger partial charge on any atom is -0.550 e. The zero-order valence-electron chi connectivity index (χ0n) is 10.2. The summed E-state index contributed by atoms with van der Waals surface area (Å²) in [6, 6.07) is 0. The van der Waals surface area contributed by atoms with Gasteiger partial charge in [0.05, 0.1) is 13.1 Å². The number of rotatable bonds is 2. The minimum atomic E-state index is -0.995. The lowest BCUT2D eigenvalue weighted by molar-refractivity contribution is -0.662. The molecule has 0 aromatic carbocycles. The van der Waals surface area contributed by atoms with Gasteiger partial charge in [-0.3, -0.25) is 4.79 Å². The van der Waals surface area contributed by atoms with Gasteiger partial charge in [-0.1, -0.05) is 13.8 Å². The maximum absolute atomic E-state index is 9.37. The van der Waals surface area contributed by atoms with Gasteiger partial charge in [-0.2, -0.15) is 0 Å². The molecule has 0 spiro atoms. The van der Waals surface area contributed by atoms with Crippen LogP contribution in [0.3, 0.4) is 0 Å². The molecule has 5 nitrogen and oxygen atoms in total. The zero-order chi connectivity index (χ0) is 12.8. The molecule has 3 N–H and O–H groups in total. The quantitative estimate of drug-likeness (QED) is 0.663. The van der Waals surface area contributed by atoms with Crippen molar-refractivity contribution in [1.82, 2.24) is 0 Å². The van der Waals surface area contributed by atoms with Crippen molar-refractivity contribution in [1.29, 1.82) is 0 Å². The number of aliphatic carboxylic acids is 2. The summed E-state index contributed by atoms with van der Waals surface area (Å²) in [6.45, 7) is 5.89. The van der Waals surface area contributed by atoms with Crippen molar-refractivity contribution in [3.8, 4) is 0 Å². The van der Waals surface area contributed by atoms with E-state index in [0.29, 0.717) is 0 Å². The fraction of sp³-hybridized carbons (Fsp3) is 0.818. The monoisotopic (exact) mass is 233 g/mol. The number of carboxylic acid groups (broad SMARTS) is 2. The summed E-state index contributed by atoms with van der Waals surface area (Å²) in [5.74, 6) is -1.74. The Bertz CT molecular complexity index is 153. The average molecular weight is 233 g/mol. The van der Waals surface area contributed by atoms with Gasteiger partial charge in [0.1, 0.15) is 0 Å². The van der Waals surface area contributed by atoms with E-state index in [0.717, 1.165) is 0 Å². The number of quaternary nitrogens is 1. The third-order valence-electron chi connectivity index (χ3n) is 1.91. The molecule has 1 fully saturated rings. The Kier molecular flexibility index (Phi) is 15.0. The lowest BCUT2D eigenvalue weighted by Crippen LogP contribution is -2.85. The van der Waals surface area contributed by atoms with Crippen LogP contribution >= 0.6 is 0 Å². The van der Waals surface area contributed by atoms with Crippen LogP contribution in [0.15, 0.2) is 0 Å². The molecule has 0 atom stereocenters. The fourth-order valence-electron chi connectivity index (χ4n) is 0.898. The fourth-order valence-corrected chi connectivity index (χ4v) is 0.898. The number of piperidine rings is 1. The predicted molar refractivity (Wildman–Crippen MR) is 58.7 cm³/mol. The summed E-state index contributed by atoms with van der Waals surface area (Å²) in [7, 11) is 0. The summed E-state index contributed by atoms with van der Waals surface area (Å²) in [6.07, 6.45) is 4.69. The predicted octanol–water partition coefficient (Wildman–Crippen LogP) is -0.639. The normalized spacial score (nSPS) is 13.6. The summed E-state index contributed by atoms with van der Waals surface area (Å²) < 4.78 is 0. The van der Waals surface area contributed by atoms with Gasteiger partial charge < -0.3 is 20.3 Å². The SMILES string of the molecule is C1CC[NH2+]CC1.CCC(=O)O.CCC(=O)[O-]. The molecule has 0 aromatic heterocycles. The summed E-state index contributed by atoms with van der Waals surface area (Å²) >= 11 is 0. The van der Waals surface area contributed by atoms with Crippen LogP contribution in [0.2, 0.25) is 0 Å². The lowest BCUT2D eigenvalue weighted by atomic mass is 10.2. The highest BCUT2D eigenvalue weighted by Crippen LogP contribution is 1.91. The topological polar surface area (TPSA) is 94.0 Å². The van der Waals surface area contributed by atoms with Crippen molar-refractivity contribution in [2.24, 2.45) is 0 Å². The average Bonchev–Trinajstić information content (AvgIpc) is 2.32. The third-order valence-corrected chi connectivity index (χ3v) is 1.91. The molecule has 0 aromatic rings. The van der Waals surface area contributed by atoms with E-state index in [4.69, 9.17) is 5.11 Å². The highest BCUT2D eigenvalue weighted by molar-refractivity contribution is 5.66. The number of carbonyl (C=O) groups is 2. The van der Waals surface area contributed by atoms with Crippen molar-refractivity contribution in [3.63, 3.8) is 0 Å². The highest BCUT2D eigenvalue weighted by Gasteiger charge is 1.97. The van der Waals surface area contributed by atoms with Crippen LogP contribution < -0.4 is 10.4 Å². The highest BCUT2D eigenvalue weighted by atomic mass is 16.4. The van der Waals surface area contributed by atoms with E-state index in [1.807, 2.05) is 0 Å². The van der Waals surface area contributed by atoms with E-state index < -0.39 is 11.9 Å². The minimum absolute atomic E-state index is 0.111. The molecule has 1 heterocycles. The number of hydrogen-bond donors (Lipinski definition) is 2. The molecule has 96 valence electrons. The number of carbonyl (C=O) groups excluding carboxylic acids is 1. The molecule has 1 aliphatic rings. The van der Waals surface area contributed by atoms with Crippen molar-refractivity contribution in [2.45, 2.75) is 46.0 Å². The van der Waals surface area contributed by atoms with Crippen LogP contribution in [-0.4, -0.2) is 30.1 Å². The summed E-state index contributed by atoms with van der Waals surface area (Å²) in [5.41, 5.74) is 0. The molecule has 0 aliphatic carbocycles. The molecule has 1 saturated heterocycles. The van der Waals surface area contributed by atoms with E-state index in [2.05, 4.69) is 5.32 Å². The molecular formula is C11H23NO4. The summed E-state index contributed by atoms with van der Waals surface area (Å²) in [4.78, 5) is 18.6. The van der Waals surface area contributed by atoms with Gasteiger partial charge in [-0.25, -0.2) is 0 Å². The second-order valence-corrected chi connectivity index (χ2v) is 3.40. The maximum Gasteiger partial charge on any atom is 0.303 e. The van der Waals surface area contributed by atoms with E-state index in [9.17, 15) is 14.7 Å². The molecule has 16 heavy (non-hydrogen) atoms. The zero-order valence-corrected chi connectivity index (χ0v) is 10.2. The standard InChI is InChI=1S/C5H11N.2C3H6O2/c1-2-4-6-5-3-1;2*1-2-3(4)5/h6H,1-5H2;2*2H2,1H3,(H,4,5). The Balaban J connectivity index is 0. The first kappa shape index (κ1) is 17.3. The Morgan fingerprint density at radius 3 is 1.56 bits per heavy atom. The molecular weight excluding hydrogens is 210 g/mol. The van der Waals surface area contributed by atoms with Crippen molar-refractivity contribution >= 4 is 11.9 Å². The molecule has 5 heteroatoms. The van der Waals surface area contributed by atoms with Gasteiger partial charge >= 0.3 is 5.97 Å². The Morgan fingerprint density at radius 1 is 1.12 bits per heavy atom. The molecule has 1 aliphatic heterocycles.